The van der Waals surface area contributed by atoms with Gasteiger partial charge in [-0.1, -0.05) is 13.3 Å². The van der Waals surface area contributed by atoms with Gasteiger partial charge in [-0.2, -0.15) is 0 Å². The van der Waals surface area contributed by atoms with E-state index in [0.29, 0.717) is 24.8 Å². The SMILES string of the molecule is CCCC(COC)NCc1cc(C(=O)O)cs1. The summed E-state index contributed by atoms with van der Waals surface area (Å²) in [7, 11) is 1.69. The van der Waals surface area contributed by atoms with Gasteiger partial charge in [-0.3, -0.25) is 0 Å². The molecule has 4 nitrogen and oxygen atoms in total. The number of hydrogen-bond donors (Lipinski definition) is 2. The number of thiophene rings is 1. The maximum atomic E-state index is 10.7. The highest BCUT2D eigenvalue weighted by atomic mass is 32.1. The predicted octanol–water partition coefficient (Wildman–Crippen LogP) is 2.35. The summed E-state index contributed by atoms with van der Waals surface area (Å²) >= 11 is 1.47. The number of ether oxygens (including phenoxy) is 1. The molecule has 0 radical (unpaired) electrons. The molecule has 0 fully saturated rings. The largest absolute Gasteiger partial charge is 0.478 e. The number of hydrogen-bond acceptors (Lipinski definition) is 4. The van der Waals surface area contributed by atoms with Crippen LogP contribution in [-0.2, 0) is 11.3 Å². The third-order valence-electron chi connectivity index (χ3n) is 2.47. The second kappa shape index (κ2) is 7.42. The van der Waals surface area contributed by atoms with Crippen LogP contribution in [0.15, 0.2) is 11.4 Å². The minimum absolute atomic E-state index is 0.334. The highest BCUT2D eigenvalue weighted by molar-refractivity contribution is 7.10. The van der Waals surface area contributed by atoms with Gasteiger partial charge in [-0.15, -0.1) is 11.3 Å². The quantitative estimate of drug-likeness (QED) is 0.750. The average molecular weight is 257 g/mol. The minimum atomic E-state index is -0.866. The Morgan fingerprint density at radius 2 is 2.41 bits per heavy atom. The Bertz CT molecular complexity index is 345. The Morgan fingerprint density at radius 1 is 1.65 bits per heavy atom. The molecule has 96 valence electrons. The van der Waals surface area contributed by atoms with Crippen LogP contribution in [0.1, 0.15) is 35.0 Å². The number of carbonyl (C=O) groups is 1. The average Bonchev–Trinajstić information content (AvgIpc) is 2.75. The molecular weight excluding hydrogens is 238 g/mol. The molecule has 1 heterocycles. The zero-order valence-corrected chi connectivity index (χ0v) is 11.0. The molecule has 0 aliphatic heterocycles. The van der Waals surface area contributed by atoms with E-state index in [-0.39, 0.29) is 0 Å². The fourth-order valence-electron chi connectivity index (χ4n) is 1.62. The van der Waals surface area contributed by atoms with E-state index in [1.165, 1.54) is 11.3 Å². The monoisotopic (exact) mass is 257 g/mol. The Labute approximate surface area is 106 Å². The second-order valence-electron chi connectivity index (χ2n) is 3.93. The first-order chi connectivity index (χ1) is 8.17. The summed E-state index contributed by atoms with van der Waals surface area (Å²) in [6.45, 7) is 3.52. The lowest BCUT2D eigenvalue weighted by molar-refractivity contribution is 0.0697. The lowest BCUT2D eigenvalue weighted by atomic mass is 10.2. The van der Waals surface area contributed by atoms with E-state index in [1.54, 1.807) is 18.6 Å². The van der Waals surface area contributed by atoms with Crippen LogP contribution in [0.3, 0.4) is 0 Å². The first-order valence-electron chi connectivity index (χ1n) is 5.70. The van der Waals surface area contributed by atoms with Crippen LogP contribution in [-0.4, -0.2) is 30.8 Å². The summed E-state index contributed by atoms with van der Waals surface area (Å²) in [5.74, 6) is -0.866. The molecule has 0 aromatic carbocycles. The Kier molecular flexibility index (Phi) is 6.18. The first-order valence-corrected chi connectivity index (χ1v) is 6.58. The van der Waals surface area contributed by atoms with Crippen LogP contribution in [0.5, 0.6) is 0 Å². The minimum Gasteiger partial charge on any atom is -0.478 e. The van der Waals surface area contributed by atoms with Crippen LogP contribution in [0, 0.1) is 0 Å². The summed E-state index contributed by atoms with van der Waals surface area (Å²) in [6, 6.07) is 2.05. The lowest BCUT2D eigenvalue weighted by Crippen LogP contribution is -2.32. The molecule has 2 N–H and O–H groups in total. The third-order valence-corrected chi connectivity index (χ3v) is 3.41. The van der Waals surface area contributed by atoms with E-state index in [1.807, 2.05) is 0 Å². The number of carboxylic acids is 1. The molecule has 1 aromatic rings. The highest BCUT2D eigenvalue weighted by Crippen LogP contribution is 2.14. The number of nitrogens with one attached hydrogen (secondary N) is 1. The lowest BCUT2D eigenvalue weighted by Gasteiger charge is -2.16. The van der Waals surface area contributed by atoms with Gasteiger partial charge in [0.15, 0.2) is 0 Å². The molecule has 1 unspecified atom stereocenters. The zero-order chi connectivity index (χ0) is 12.7. The van der Waals surface area contributed by atoms with E-state index >= 15 is 0 Å². The topological polar surface area (TPSA) is 58.6 Å². The maximum absolute atomic E-state index is 10.7. The molecule has 0 saturated carbocycles. The van der Waals surface area contributed by atoms with Crippen molar-refractivity contribution in [2.45, 2.75) is 32.4 Å². The molecular formula is C12H19NO3S. The van der Waals surface area contributed by atoms with Gasteiger partial charge in [0.05, 0.1) is 12.2 Å². The van der Waals surface area contributed by atoms with E-state index in [0.717, 1.165) is 17.7 Å². The first kappa shape index (κ1) is 14.2. The van der Waals surface area contributed by atoms with Crippen LogP contribution < -0.4 is 5.32 Å². The molecule has 5 heteroatoms. The summed E-state index contributed by atoms with van der Waals surface area (Å²) in [4.78, 5) is 11.8. The third kappa shape index (κ3) is 4.85. The van der Waals surface area contributed by atoms with Crippen molar-refractivity contribution >= 4 is 17.3 Å². The van der Waals surface area contributed by atoms with E-state index in [2.05, 4.69) is 12.2 Å². The van der Waals surface area contributed by atoms with Crippen molar-refractivity contribution in [2.24, 2.45) is 0 Å². The van der Waals surface area contributed by atoms with Crippen molar-refractivity contribution in [3.63, 3.8) is 0 Å². The van der Waals surface area contributed by atoms with Crippen molar-refractivity contribution in [1.29, 1.82) is 0 Å². The van der Waals surface area contributed by atoms with Gasteiger partial charge >= 0.3 is 5.97 Å². The molecule has 1 atom stereocenters. The number of carboxylic acid groups (broad SMARTS) is 1. The molecule has 17 heavy (non-hydrogen) atoms. The number of methoxy groups -OCH3 is 1. The fraction of sp³-hybridized carbons (Fsp3) is 0.583. The summed E-state index contributed by atoms with van der Waals surface area (Å²) in [6.07, 6.45) is 2.16. The molecule has 0 saturated heterocycles. The normalized spacial score (nSPS) is 12.6. The standard InChI is InChI=1S/C12H19NO3S/c1-3-4-10(7-16-2)13-6-11-5-9(8-17-11)12(14)15/h5,8,10,13H,3-4,6-7H2,1-2H3,(H,14,15). The molecule has 0 spiro atoms. The second-order valence-corrected chi connectivity index (χ2v) is 4.92. The van der Waals surface area contributed by atoms with Crippen molar-refractivity contribution in [3.8, 4) is 0 Å². The van der Waals surface area contributed by atoms with E-state index in [4.69, 9.17) is 9.84 Å². The maximum Gasteiger partial charge on any atom is 0.336 e. The Hall–Kier alpha value is -0.910. The molecule has 0 aliphatic carbocycles. The fourth-order valence-corrected chi connectivity index (χ4v) is 2.43. The van der Waals surface area contributed by atoms with Crippen molar-refractivity contribution in [1.82, 2.24) is 5.32 Å². The van der Waals surface area contributed by atoms with Gasteiger partial charge in [0.25, 0.3) is 0 Å². The van der Waals surface area contributed by atoms with Gasteiger partial charge < -0.3 is 15.2 Å². The highest BCUT2D eigenvalue weighted by Gasteiger charge is 2.09. The molecule has 0 amide bonds. The number of rotatable bonds is 8. The van der Waals surface area contributed by atoms with Gasteiger partial charge in [0.1, 0.15) is 0 Å². The van der Waals surface area contributed by atoms with Crippen LogP contribution in [0.25, 0.3) is 0 Å². The van der Waals surface area contributed by atoms with Crippen LogP contribution in [0.4, 0.5) is 0 Å². The van der Waals surface area contributed by atoms with Crippen molar-refractivity contribution < 1.29 is 14.6 Å². The van der Waals surface area contributed by atoms with E-state index < -0.39 is 5.97 Å². The van der Waals surface area contributed by atoms with E-state index in [9.17, 15) is 4.79 Å². The zero-order valence-electron chi connectivity index (χ0n) is 10.2. The molecule has 1 rings (SSSR count). The van der Waals surface area contributed by atoms with Gasteiger partial charge in [-0.25, -0.2) is 4.79 Å². The number of aromatic carboxylic acids is 1. The Morgan fingerprint density at radius 3 is 2.94 bits per heavy atom. The van der Waals surface area contributed by atoms with Crippen molar-refractivity contribution in [3.05, 3.63) is 21.9 Å². The Balaban J connectivity index is 2.44. The predicted molar refractivity (Wildman–Crippen MR) is 68.7 cm³/mol. The van der Waals surface area contributed by atoms with Crippen LogP contribution >= 0.6 is 11.3 Å². The van der Waals surface area contributed by atoms with Gasteiger partial charge in [-0.05, 0) is 12.5 Å². The molecule has 1 aromatic heterocycles. The summed E-state index contributed by atoms with van der Waals surface area (Å²) in [5.41, 5.74) is 0.366. The smallest absolute Gasteiger partial charge is 0.336 e. The van der Waals surface area contributed by atoms with Crippen molar-refractivity contribution in [2.75, 3.05) is 13.7 Å². The van der Waals surface area contributed by atoms with Gasteiger partial charge in [0.2, 0.25) is 0 Å². The molecule has 0 aliphatic rings. The molecule has 0 bridgehead atoms. The van der Waals surface area contributed by atoms with Gasteiger partial charge in [0, 0.05) is 30.0 Å². The van der Waals surface area contributed by atoms with Crippen LogP contribution in [0.2, 0.25) is 0 Å². The summed E-state index contributed by atoms with van der Waals surface area (Å²) < 4.78 is 5.14. The summed E-state index contributed by atoms with van der Waals surface area (Å²) in [5, 5.41) is 13.9.